The Hall–Kier alpha value is -1.56. The molecule has 0 aromatic heterocycles. The molecule has 0 heteroatoms. The van der Waals surface area contributed by atoms with E-state index in [-0.39, 0.29) is 0 Å². The van der Waals surface area contributed by atoms with Gasteiger partial charge < -0.3 is 0 Å². The molecule has 1 aliphatic rings. The Morgan fingerprint density at radius 3 is 2.56 bits per heavy atom. The molecule has 1 atom stereocenters. The number of aryl methyl sites for hydroxylation is 1. The first-order valence-electron chi connectivity index (χ1n) is 5.93. The van der Waals surface area contributed by atoms with Crippen molar-refractivity contribution in [2.75, 3.05) is 0 Å². The van der Waals surface area contributed by atoms with Gasteiger partial charge in [-0.1, -0.05) is 55.0 Å². The molecule has 1 unspecified atom stereocenters. The first-order valence-corrected chi connectivity index (χ1v) is 5.93. The summed E-state index contributed by atoms with van der Waals surface area (Å²) in [4.78, 5) is 0. The second kappa shape index (κ2) is 3.48. The summed E-state index contributed by atoms with van der Waals surface area (Å²) in [5, 5.41) is 0. The molecule has 0 radical (unpaired) electrons. The predicted molar refractivity (Wildman–Crippen MR) is 67.9 cm³/mol. The van der Waals surface area contributed by atoms with E-state index < -0.39 is 0 Å². The van der Waals surface area contributed by atoms with Gasteiger partial charge in [0.2, 0.25) is 0 Å². The van der Waals surface area contributed by atoms with Gasteiger partial charge in [0.25, 0.3) is 0 Å². The molecule has 2 aromatic carbocycles. The van der Waals surface area contributed by atoms with E-state index in [1.54, 1.807) is 0 Å². The topological polar surface area (TPSA) is 0 Å². The Kier molecular flexibility index (Phi) is 2.10. The van der Waals surface area contributed by atoms with Crippen LogP contribution in [-0.4, -0.2) is 0 Å². The van der Waals surface area contributed by atoms with Crippen LogP contribution in [0.3, 0.4) is 0 Å². The normalized spacial score (nSPS) is 17.8. The molecule has 0 spiro atoms. The van der Waals surface area contributed by atoms with Crippen molar-refractivity contribution >= 4 is 0 Å². The highest BCUT2D eigenvalue weighted by Crippen LogP contribution is 2.36. The first-order chi connectivity index (χ1) is 7.75. The fourth-order valence-electron chi connectivity index (χ4n) is 2.80. The highest BCUT2D eigenvalue weighted by molar-refractivity contribution is 5.49. The smallest absolute Gasteiger partial charge is 0.00667 e. The van der Waals surface area contributed by atoms with Gasteiger partial charge in [0.1, 0.15) is 0 Å². The molecule has 1 aliphatic carbocycles. The van der Waals surface area contributed by atoms with E-state index in [2.05, 4.69) is 56.3 Å². The van der Waals surface area contributed by atoms with E-state index in [0.29, 0.717) is 5.92 Å². The van der Waals surface area contributed by atoms with Gasteiger partial charge >= 0.3 is 0 Å². The van der Waals surface area contributed by atoms with Gasteiger partial charge in [-0.25, -0.2) is 0 Å². The molecule has 0 saturated carbocycles. The Morgan fingerprint density at radius 2 is 1.69 bits per heavy atom. The molecule has 0 fully saturated rings. The van der Waals surface area contributed by atoms with Crippen molar-refractivity contribution in [2.24, 2.45) is 0 Å². The lowest BCUT2D eigenvalue weighted by atomic mass is 9.79. The highest BCUT2D eigenvalue weighted by atomic mass is 14.2. The number of hydrogen-bond donors (Lipinski definition) is 0. The summed E-state index contributed by atoms with van der Waals surface area (Å²) in [6.07, 6.45) is 1.09. The van der Waals surface area contributed by atoms with Crippen LogP contribution in [0, 0.1) is 6.92 Å². The maximum Gasteiger partial charge on any atom is 0.00667 e. The summed E-state index contributed by atoms with van der Waals surface area (Å²) < 4.78 is 0. The van der Waals surface area contributed by atoms with Crippen LogP contribution in [0.5, 0.6) is 0 Å². The van der Waals surface area contributed by atoms with Crippen LogP contribution in [-0.2, 0) is 6.42 Å². The maximum atomic E-state index is 2.34. The third kappa shape index (κ3) is 1.37. The van der Waals surface area contributed by atoms with Crippen LogP contribution in [0.25, 0.3) is 0 Å². The van der Waals surface area contributed by atoms with Gasteiger partial charge in [-0.15, -0.1) is 0 Å². The fourth-order valence-corrected chi connectivity index (χ4v) is 2.80. The summed E-state index contributed by atoms with van der Waals surface area (Å²) in [6, 6.07) is 15.7. The Morgan fingerprint density at radius 1 is 0.938 bits per heavy atom. The molecule has 0 nitrogen and oxygen atoms in total. The SMILES string of the molecule is Cc1ccc2c(c1)Cc1ccccc1C2C. The molecule has 2 aromatic rings. The zero-order valence-electron chi connectivity index (χ0n) is 9.83. The summed E-state index contributed by atoms with van der Waals surface area (Å²) in [5.74, 6) is 0.542. The monoisotopic (exact) mass is 208 g/mol. The third-order valence-corrected chi connectivity index (χ3v) is 3.67. The number of hydrogen-bond acceptors (Lipinski definition) is 0. The average molecular weight is 208 g/mol. The van der Waals surface area contributed by atoms with Crippen molar-refractivity contribution in [1.29, 1.82) is 0 Å². The Balaban J connectivity index is 2.18. The lowest BCUT2D eigenvalue weighted by Crippen LogP contribution is -2.11. The number of rotatable bonds is 0. The van der Waals surface area contributed by atoms with Crippen LogP contribution in [0.4, 0.5) is 0 Å². The van der Waals surface area contributed by atoms with Crippen molar-refractivity contribution in [3.63, 3.8) is 0 Å². The van der Waals surface area contributed by atoms with E-state index in [1.807, 2.05) is 0 Å². The molecule has 0 heterocycles. The highest BCUT2D eigenvalue weighted by Gasteiger charge is 2.21. The quantitative estimate of drug-likeness (QED) is 0.612. The largest absolute Gasteiger partial charge is 0.0620 e. The predicted octanol–water partition coefficient (Wildman–Crippen LogP) is 4.05. The third-order valence-electron chi connectivity index (χ3n) is 3.67. The Bertz CT molecular complexity index is 537. The first kappa shape index (κ1) is 9.65. The number of fused-ring (bicyclic) bond motifs is 2. The van der Waals surface area contributed by atoms with E-state index in [1.165, 1.54) is 27.8 Å². The lowest BCUT2D eigenvalue weighted by molar-refractivity contribution is 0.844. The minimum atomic E-state index is 0.542. The van der Waals surface area contributed by atoms with Crippen molar-refractivity contribution < 1.29 is 0 Å². The maximum absolute atomic E-state index is 2.34. The molecular weight excluding hydrogens is 192 g/mol. The van der Waals surface area contributed by atoms with Crippen LogP contribution in [0.2, 0.25) is 0 Å². The Labute approximate surface area is 96.9 Å². The molecule has 16 heavy (non-hydrogen) atoms. The van der Waals surface area contributed by atoms with Gasteiger partial charge in [0, 0.05) is 5.92 Å². The second-order valence-corrected chi connectivity index (χ2v) is 4.80. The average Bonchev–Trinajstić information content (AvgIpc) is 2.29. The van der Waals surface area contributed by atoms with E-state index in [0.717, 1.165) is 6.42 Å². The molecular formula is C16H16. The van der Waals surface area contributed by atoms with Crippen molar-refractivity contribution in [2.45, 2.75) is 26.2 Å². The van der Waals surface area contributed by atoms with Crippen molar-refractivity contribution in [1.82, 2.24) is 0 Å². The molecule has 0 amide bonds. The van der Waals surface area contributed by atoms with Crippen molar-refractivity contribution in [3.8, 4) is 0 Å². The van der Waals surface area contributed by atoms with Gasteiger partial charge in [-0.3, -0.25) is 0 Å². The summed E-state index contributed by atoms with van der Waals surface area (Å²) in [5.41, 5.74) is 7.37. The second-order valence-electron chi connectivity index (χ2n) is 4.80. The fraction of sp³-hybridized carbons (Fsp3) is 0.250. The number of benzene rings is 2. The van der Waals surface area contributed by atoms with Crippen LogP contribution < -0.4 is 0 Å². The molecule has 80 valence electrons. The zero-order valence-corrected chi connectivity index (χ0v) is 9.83. The standard InChI is InChI=1S/C16H16/c1-11-7-8-16-12(2)15-6-4-3-5-13(15)10-14(16)9-11/h3-9,12H,10H2,1-2H3. The molecule has 3 rings (SSSR count). The van der Waals surface area contributed by atoms with Crippen molar-refractivity contribution in [3.05, 3.63) is 70.3 Å². The van der Waals surface area contributed by atoms with Gasteiger partial charge in [0.05, 0.1) is 0 Å². The van der Waals surface area contributed by atoms with Gasteiger partial charge in [-0.2, -0.15) is 0 Å². The van der Waals surface area contributed by atoms with Gasteiger partial charge in [-0.05, 0) is 35.6 Å². The molecule has 0 aliphatic heterocycles. The van der Waals surface area contributed by atoms with E-state index in [4.69, 9.17) is 0 Å². The lowest BCUT2D eigenvalue weighted by Gasteiger charge is -2.26. The van der Waals surface area contributed by atoms with E-state index in [9.17, 15) is 0 Å². The molecule has 0 N–H and O–H groups in total. The minimum absolute atomic E-state index is 0.542. The van der Waals surface area contributed by atoms with Crippen LogP contribution >= 0.6 is 0 Å². The van der Waals surface area contributed by atoms with Gasteiger partial charge in [0.15, 0.2) is 0 Å². The molecule has 0 bridgehead atoms. The summed E-state index contributed by atoms with van der Waals surface area (Å²) in [6.45, 7) is 4.48. The van der Waals surface area contributed by atoms with Crippen LogP contribution in [0.15, 0.2) is 42.5 Å². The van der Waals surface area contributed by atoms with Crippen LogP contribution in [0.1, 0.15) is 40.7 Å². The minimum Gasteiger partial charge on any atom is -0.0620 e. The zero-order chi connectivity index (χ0) is 11.1. The summed E-state index contributed by atoms with van der Waals surface area (Å²) >= 11 is 0. The van der Waals surface area contributed by atoms with E-state index >= 15 is 0 Å². The summed E-state index contributed by atoms with van der Waals surface area (Å²) in [7, 11) is 0. The molecule has 0 saturated heterocycles.